The van der Waals surface area contributed by atoms with Crippen molar-refractivity contribution in [1.29, 1.82) is 0 Å². The van der Waals surface area contributed by atoms with Gasteiger partial charge < -0.3 is 24.3 Å². The van der Waals surface area contributed by atoms with Crippen molar-refractivity contribution in [3.63, 3.8) is 0 Å². The van der Waals surface area contributed by atoms with Crippen LogP contribution in [0.15, 0.2) is 41.8 Å². The Morgan fingerprint density at radius 3 is 2.78 bits per heavy atom. The normalized spacial score (nSPS) is 21.3. The van der Waals surface area contributed by atoms with E-state index in [2.05, 4.69) is 5.32 Å². The van der Waals surface area contributed by atoms with E-state index in [9.17, 15) is 4.79 Å². The third-order valence-electron chi connectivity index (χ3n) is 4.74. The molecule has 2 aromatic rings. The number of benzene rings is 1. The Balaban J connectivity index is 1.23. The van der Waals surface area contributed by atoms with Gasteiger partial charge in [-0.3, -0.25) is 4.79 Å². The summed E-state index contributed by atoms with van der Waals surface area (Å²) < 4.78 is 22.9. The SMILES string of the molecule is O=C(NC[C@@H]1COC2(CCOCC2)O1)c1ccc(OCc2cccs2)cc1. The first-order chi connectivity index (χ1) is 13.2. The summed E-state index contributed by atoms with van der Waals surface area (Å²) in [5.74, 6) is 0.0973. The second-order valence-electron chi connectivity index (χ2n) is 6.68. The molecule has 0 unspecified atom stereocenters. The molecule has 0 radical (unpaired) electrons. The number of amides is 1. The molecule has 0 aliphatic carbocycles. The third-order valence-corrected chi connectivity index (χ3v) is 5.59. The van der Waals surface area contributed by atoms with Crippen LogP contribution in [0.2, 0.25) is 0 Å². The van der Waals surface area contributed by atoms with Crippen molar-refractivity contribution in [2.24, 2.45) is 0 Å². The molecule has 2 aliphatic heterocycles. The lowest BCUT2D eigenvalue weighted by Crippen LogP contribution is -2.39. The van der Waals surface area contributed by atoms with Crippen molar-refractivity contribution in [2.75, 3.05) is 26.4 Å². The molecule has 0 bridgehead atoms. The fraction of sp³-hybridized carbons (Fsp3) is 0.450. The Morgan fingerprint density at radius 1 is 1.22 bits per heavy atom. The van der Waals surface area contributed by atoms with Crippen molar-refractivity contribution in [3.8, 4) is 5.75 Å². The maximum Gasteiger partial charge on any atom is 0.251 e. The number of rotatable bonds is 6. The van der Waals surface area contributed by atoms with E-state index >= 15 is 0 Å². The number of carbonyl (C=O) groups is 1. The van der Waals surface area contributed by atoms with E-state index in [1.807, 2.05) is 29.6 Å². The Kier molecular flexibility index (Phi) is 5.73. The van der Waals surface area contributed by atoms with E-state index in [1.165, 1.54) is 0 Å². The molecule has 6 nitrogen and oxygen atoms in total. The standard InChI is InChI=1S/C20H23NO5S/c22-19(21-12-17-13-25-20(26-17)7-9-23-10-8-20)15-3-5-16(6-4-15)24-14-18-2-1-11-27-18/h1-6,11,17H,7-10,12-14H2,(H,21,22)/t17-/m1/s1. The highest BCUT2D eigenvalue weighted by Gasteiger charge is 2.42. The van der Waals surface area contributed by atoms with Crippen LogP contribution in [-0.4, -0.2) is 44.2 Å². The Morgan fingerprint density at radius 2 is 2.04 bits per heavy atom. The predicted octanol–water partition coefficient (Wildman–Crippen LogP) is 2.98. The summed E-state index contributed by atoms with van der Waals surface area (Å²) >= 11 is 1.66. The summed E-state index contributed by atoms with van der Waals surface area (Å²) in [4.78, 5) is 13.5. The molecule has 7 heteroatoms. The molecular weight excluding hydrogens is 366 g/mol. The highest BCUT2D eigenvalue weighted by molar-refractivity contribution is 7.09. The lowest BCUT2D eigenvalue weighted by Gasteiger charge is -2.31. The van der Waals surface area contributed by atoms with Gasteiger partial charge in [0, 0.05) is 29.8 Å². The van der Waals surface area contributed by atoms with Crippen LogP contribution in [-0.2, 0) is 20.8 Å². The predicted molar refractivity (Wildman–Crippen MR) is 101 cm³/mol. The fourth-order valence-corrected chi connectivity index (χ4v) is 3.84. The zero-order valence-electron chi connectivity index (χ0n) is 15.0. The third kappa shape index (κ3) is 4.68. The summed E-state index contributed by atoms with van der Waals surface area (Å²) in [6.45, 7) is 2.77. The minimum absolute atomic E-state index is 0.125. The van der Waals surface area contributed by atoms with E-state index in [-0.39, 0.29) is 12.0 Å². The van der Waals surface area contributed by atoms with Crippen molar-refractivity contribution in [2.45, 2.75) is 31.3 Å². The van der Waals surface area contributed by atoms with Crippen LogP contribution in [0.1, 0.15) is 28.1 Å². The molecule has 27 heavy (non-hydrogen) atoms. The Hall–Kier alpha value is -1.93. The average molecular weight is 389 g/mol. The first-order valence-electron chi connectivity index (χ1n) is 9.15. The molecule has 3 heterocycles. The number of nitrogens with one attached hydrogen (secondary N) is 1. The number of ether oxygens (including phenoxy) is 4. The van der Waals surface area contributed by atoms with Crippen LogP contribution in [0.3, 0.4) is 0 Å². The molecule has 1 aromatic carbocycles. The van der Waals surface area contributed by atoms with Gasteiger partial charge in [0.1, 0.15) is 18.5 Å². The van der Waals surface area contributed by atoms with Gasteiger partial charge in [0.25, 0.3) is 5.91 Å². The average Bonchev–Trinajstić information content (AvgIpc) is 3.36. The van der Waals surface area contributed by atoms with E-state index < -0.39 is 5.79 Å². The molecule has 2 fully saturated rings. The maximum absolute atomic E-state index is 12.4. The highest BCUT2D eigenvalue weighted by Crippen LogP contribution is 2.33. The van der Waals surface area contributed by atoms with Gasteiger partial charge in [-0.2, -0.15) is 0 Å². The molecule has 4 rings (SSSR count). The zero-order valence-corrected chi connectivity index (χ0v) is 15.8. The lowest BCUT2D eigenvalue weighted by molar-refractivity contribution is -0.210. The van der Waals surface area contributed by atoms with E-state index in [4.69, 9.17) is 18.9 Å². The topological polar surface area (TPSA) is 66.0 Å². The lowest BCUT2D eigenvalue weighted by atomic mass is 10.1. The van der Waals surface area contributed by atoms with E-state index in [0.717, 1.165) is 23.5 Å². The van der Waals surface area contributed by atoms with Gasteiger partial charge in [-0.05, 0) is 35.7 Å². The van der Waals surface area contributed by atoms with Crippen LogP contribution in [0.4, 0.5) is 0 Å². The molecular formula is C20H23NO5S. The van der Waals surface area contributed by atoms with Crippen molar-refractivity contribution in [3.05, 3.63) is 52.2 Å². The number of hydrogen-bond donors (Lipinski definition) is 1. The summed E-state index contributed by atoms with van der Waals surface area (Å²) in [5.41, 5.74) is 0.596. The molecule has 1 aromatic heterocycles. The smallest absolute Gasteiger partial charge is 0.251 e. The number of hydrogen-bond acceptors (Lipinski definition) is 6. The van der Waals surface area contributed by atoms with Crippen LogP contribution >= 0.6 is 11.3 Å². The fourth-order valence-electron chi connectivity index (χ4n) is 3.22. The van der Waals surface area contributed by atoms with Crippen LogP contribution in [0, 0.1) is 0 Å². The Bertz CT molecular complexity index is 740. The van der Waals surface area contributed by atoms with Gasteiger partial charge in [-0.25, -0.2) is 0 Å². The highest BCUT2D eigenvalue weighted by atomic mass is 32.1. The first kappa shape index (κ1) is 18.4. The van der Waals surface area contributed by atoms with Crippen molar-refractivity contribution in [1.82, 2.24) is 5.32 Å². The maximum atomic E-state index is 12.4. The second-order valence-corrected chi connectivity index (χ2v) is 7.71. The molecule has 1 amide bonds. The molecule has 144 valence electrons. The Labute approximate surface area is 162 Å². The number of thiophene rings is 1. The molecule has 2 saturated heterocycles. The summed E-state index contributed by atoms with van der Waals surface area (Å²) in [6, 6.07) is 11.2. The molecule has 1 spiro atoms. The van der Waals surface area contributed by atoms with E-state index in [1.54, 1.807) is 23.5 Å². The zero-order chi connectivity index (χ0) is 18.5. The van der Waals surface area contributed by atoms with Crippen LogP contribution in [0.5, 0.6) is 5.75 Å². The minimum Gasteiger partial charge on any atom is -0.488 e. The van der Waals surface area contributed by atoms with Crippen molar-refractivity contribution >= 4 is 17.2 Å². The van der Waals surface area contributed by atoms with Crippen LogP contribution < -0.4 is 10.1 Å². The summed E-state index contributed by atoms with van der Waals surface area (Å²) in [7, 11) is 0. The largest absolute Gasteiger partial charge is 0.488 e. The van der Waals surface area contributed by atoms with E-state index in [0.29, 0.717) is 38.5 Å². The van der Waals surface area contributed by atoms with Crippen molar-refractivity contribution < 1.29 is 23.7 Å². The van der Waals surface area contributed by atoms with Gasteiger partial charge in [-0.1, -0.05) is 6.07 Å². The molecule has 0 saturated carbocycles. The van der Waals surface area contributed by atoms with Gasteiger partial charge in [0.05, 0.1) is 19.8 Å². The number of carbonyl (C=O) groups excluding carboxylic acids is 1. The van der Waals surface area contributed by atoms with Gasteiger partial charge in [0.2, 0.25) is 0 Å². The van der Waals surface area contributed by atoms with Crippen LogP contribution in [0.25, 0.3) is 0 Å². The molecule has 1 N–H and O–H groups in total. The monoisotopic (exact) mass is 389 g/mol. The molecule has 2 aliphatic rings. The quantitative estimate of drug-likeness (QED) is 0.823. The summed E-state index contributed by atoms with van der Waals surface area (Å²) in [6.07, 6.45) is 1.36. The van der Waals surface area contributed by atoms with Gasteiger partial charge in [-0.15, -0.1) is 11.3 Å². The second kappa shape index (κ2) is 8.39. The minimum atomic E-state index is -0.519. The first-order valence-corrected chi connectivity index (χ1v) is 10.0. The molecule has 1 atom stereocenters. The summed E-state index contributed by atoms with van der Waals surface area (Å²) in [5, 5.41) is 4.95. The van der Waals surface area contributed by atoms with Gasteiger partial charge in [0.15, 0.2) is 5.79 Å². The van der Waals surface area contributed by atoms with Gasteiger partial charge >= 0.3 is 0 Å².